The fourth-order valence-corrected chi connectivity index (χ4v) is 8.13. The van der Waals surface area contributed by atoms with Crippen LogP contribution in [-0.2, 0) is 4.79 Å². The molecule has 0 fully saturated rings. The van der Waals surface area contributed by atoms with Crippen LogP contribution in [0.3, 0.4) is 0 Å². The number of nitrogens with zero attached hydrogens (tertiary/aromatic N) is 3. The molecule has 0 spiro atoms. The van der Waals surface area contributed by atoms with Gasteiger partial charge < -0.3 is 10.2 Å². The van der Waals surface area contributed by atoms with Gasteiger partial charge in [-0.3, -0.25) is 33.8 Å². The number of carbonyl (C=O) groups excluding carboxylic acids is 5. The summed E-state index contributed by atoms with van der Waals surface area (Å²) in [5, 5.41) is 3.74. The summed E-state index contributed by atoms with van der Waals surface area (Å²) in [5.41, 5.74) is 1.28. The monoisotopic (exact) mass is 682 g/mol. The van der Waals surface area contributed by atoms with E-state index in [4.69, 9.17) is 0 Å². The Balaban J connectivity index is 1.87. The van der Waals surface area contributed by atoms with Crippen LogP contribution in [0.4, 0.5) is 0 Å². The van der Waals surface area contributed by atoms with Crippen LogP contribution < -0.4 is 5.32 Å². The number of benzene rings is 2. The van der Waals surface area contributed by atoms with Gasteiger partial charge in [0, 0.05) is 44.8 Å². The van der Waals surface area contributed by atoms with Gasteiger partial charge in [-0.15, -0.1) is 23.5 Å². The van der Waals surface area contributed by atoms with Gasteiger partial charge in [-0.2, -0.15) is 0 Å². The van der Waals surface area contributed by atoms with Gasteiger partial charge >= 0.3 is 0 Å². The lowest BCUT2D eigenvalue weighted by molar-refractivity contribution is -0.125. The number of hydrogen-bond donors (Lipinski definition) is 1. The second-order valence-electron chi connectivity index (χ2n) is 13.0. The first-order valence-electron chi connectivity index (χ1n) is 17.1. The van der Waals surface area contributed by atoms with Gasteiger partial charge in [-0.1, -0.05) is 53.9 Å². The number of hydrogen-bond acceptors (Lipinski definition) is 8. The fraction of sp³-hybridized carbons (Fsp3) is 0.583. The smallest absolute Gasteiger partial charge is 0.263 e. The van der Waals surface area contributed by atoms with Crippen LogP contribution >= 0.6 is 23.5 Å². The minimum atomic E-state index is -0.987. The standard InChI is InChI=1S/C36H50N4O5S2/c1-8-11-12-13-16-37-32(41)25(19-22(4)5)40-34(43)24-21-26(46-9-2)30-28-23(20-27(47-10-3)31(29(24)28)36(40)45)33(42)39(35(30)44)18-15-14-17-38(6)7/h20-22,25H,8-19H2,1-7H3,(H,37,41). The van der Waals surface area contributed by atoms with Crippen molar-refractivity contribution in [2.24, 2.45) is 5.92 Å². The Labute approximate surface area is 287 Å². The lowest BCUT2D eigenvalue weighted by Gasteiger charge is -2.37. The summed E-state index contributed by atoms with van der Waals surface area (Å²) in [6.45, 7) is 11.6. The molecule has 256 valence electrons. The molecule has 4 rings (SSSR count). The van der Waals surface area contributed by atoms with E-state index < -0.39 is 23.8 Å². The van der Waals surface area contributed by atoms with Crippen molar-refractivity contribution in [3.63, 3.8) is 0 Å². The number of thioether (sulfide) groups is 2. The summed E-state index contributed by atoms with van der Waals surface area (Å²) in [6, 6.07) is 2.46. The molecule has 1 atom stereocenters. The fourth-order valence-electron chi connectivity index (χ4n) is 6.44. The third-order valence-electron chi connectivity index (χ3n) is 8.62. The van der Waals surface area contributed by atoms with E-state index in [0.717, 1.165) is 43.5 Å². The number of rotatable bonds is 18. The highest BCUT2D eigenvalue weighted by molar-refractivity contribution is 7.99. The van der Waals surface area contributed by atoms with Crippen molar-refractivity contribution in [1.29, 1.82) is 0 Å². The van der Waals surface area contributed by atoms with E-state index in [9.17, 15) is 24.0 Å². The maximum atomic E-state index is 14.6. The van der Waals surface area contributed by atoms with E-state index >= 15 is 0 Å². The summed E-state index contributed by atoms with van der Waals surface area (Å²) < 4.78 is 0. The molecule has 0 bridgehead atoms. The molecule has 0 saturated heterocycles. The van der Waals surface area contributed by atoms with Crippen LogP contribution in [0.25, 0.3) is 10.8 Å². The quantitative estimate of drug-likeness (QED) is 0.105. The van der Waals surface area contributed by atoms with E-state index in [0.29, 0.717) is 74.7 Å². The zero-order valence-corrected chi connectivity index (χ0v) is 30.6. The van der Waals surface area contributed by atoms with E-state index in [1.54, 1.807) is 12.1 Å². The molecule has 2 aromatic rings. The minimum Gasteiger partial charge on any atom is -0.354 e. The number of carbonyl (C=O) groups is 5. The van der Waals surface area contributed by atoms with Crippen molar-refractivity contribution >= 4 is 63.8 Å². The first-order chi connectivity index (χ1) is 22.5. The Kier molecular flexibility index (Phi) is 13.0. The van der Waals surface area contributed by atoms with Crippen LogP contribution in [0.15, 0.2) is 21.9 Å². The van der Waals surface area contributed by atoms with Crippen molar-refractivity contribution in [2.45, 2.75) is 95.4 Å². The average Bonchev–Trinajstić information content (AvgIpc) is 3.01. The zero-order chi connectivity index (χ0) is 34.4. The first kappa shape index (κ1) is 36.9. The molecule has 1 N–H and O–H groups in total. The van der Waals surface area contributed by atoms with Gasteiger partial charge in [-0.05, 0) is 75.9 Å². The van der Waals surface area contributed by atoms with Crippen LogP contribution in [0.2, 0.25) is 0 Å². The number of unbranched alkanes of at least 4 members (excludes halogenated alkanes) is 4. The number of nitrogens with one attached hydrogen (secondary N) is 1. The van der Waals surface area contributed by atoms with Crippen molar-refractivity contribution in [2.75, 3.05) is 45.2 Å². The highest BCUT2D eigenvalue weighted by atomic mass is 32.2. The molecule has 11 heteroatoms. The first-order valence-corrected chi connectivity index (χ1v) is 19.0. The summed E-state index contributed by atoms with van der Waals surface area (Å²) in [7, 11) is 3.98. The molecule has 0 saturated carbocycles. The van der Waals surface area contributed by atoms with Crippen molar-refractivity contribution in [1.82, 2.24) is 20.0 Å². The summed E-state index contributed by atoms with van der Waals surface area (Å²) in [4.78, 5) is 76.7. The molecule has 1 unspecified atom stereocenters. The maximum Gasteiger partial charge on any atom is 0.263 e. The van der Waals surface area contributed by atoms with Gasteiger partial charge in [0.2, 0.25) is 5.91 Å². The van der Waals surface area contributed by atoms with Gasteiger partial charge in [0.15, 0.2) is 0 Å². The molecule has 2 aliphatic rings. The molecule has 47 heavy (non-hydrogen) atoms. The molecule has 2 aliphatic heterocycles. The Morgan fingerprint density at radius 2 is 1.38 bits per heavy atom. The van der Waals surface area contributed by atoms with Crippen molar-refractivity contribution in [3.8, 4) is 0 Å². The Morgan fingerprint density at radius 3 is 1.94 bits per heavy atom. The molecule has 9 nitrogen and oxygen atoms in total. The molecule has 0 radical (unpaired) electrons. The predicted octanol–water partition coefficient (Wildman–Crippen LogP) is 6.71. The van der Waals surface area contributed by atoms with Crippen LogP contribution in [0.1, 0.15) is 121 Å². The molecule has 0 aromatic heterocycles. The SMILES string of the molecule is CCCCCCNC(=O)C(CC(C)C)N1C(=O)c2cc(SCC)c3c4c(cc(SCC)c(c24)C1=O)C(=O)N(CCCCN(C)C)C3=O. The largest absolute Gasteiger partial charge is 0.354 e. The summed E-state index contributed by atoms with van der Waals surface area (Å²) in [6.07, 6.45) is 5.80. The Bertz CT molecular complexity index is 1540. The summed E-state index contributed by atoms with van der Waals surface area (Å²) >= 11 is 2.86. The maximum absolute atomic E-state index is 14.6. The van der Waals surface area contributed by atoms with Gasteiger partial charge in [0.25, 0.3) is 23.6 Å². The molecule has 2 heterocycles. The lowest BCUT2D eigenvalue weighted by atomic mass is 9.84. The third kappa shape index (κ3) is 7.73. The summed E-state index contributed by atoms with van der Waals surface area (Å²) in [5.74, 6) is -0.935. The van der Waals surface area contributed by atoms with Gasteiger partial charge in [0.1, 0.15) is 6.04 Å². The number of imide groups is 2. The highest BCUT2D eigenvalue weighted by Crippen LogP contribution is 2.46. The third-order valence-corrected chi connectivity index (χ3v) is 10.5. The topological polar surface area (TPSA) is 107 Å². The Morgan fingerprint density at radius 1 is 0.787 bits per heavy atom. The minimum absolute atomic E-state index is 0.0397. The molecule has 2 aromatic carbocycles. The second-order valence-corrected chi connectivity index (χ2v) is 15.6. The van der Waals surface area contributed by atoms with Crippen LogP contribution in [-0.4, -0.2) is 95.5 Å². The van der Waals surface area contributed by atoms with Crippen LogP contribution in [0.5, 0.6) is 0 Å². The van der Waals surface area contributed by atoms with Crippen molar-refractivity contribution < 1.29 is 24.0 Å². The zero-order valence-electron chi connectivity index (χ0n) is 29.0. The average molecular weight is 683 g/mol. The van der Waals surface area contributed by atoms with Crippen molar-refractivity contribution in [3.05, 3.63) is 34.4 Å². The van der Waals surface area contributed by atoms with E-state index in [-0.39, 0.29) is 23.3 Å². The van der Waals surface area contributed by atoms with E-state index in [2.05, 4.69) is 17.1 Å². The molecule has 0 aliphatic carbocycles. The molecule has 5 amide bonds. The lowest BCUT2D eigenvalue weighted by Crippen LogP contribution is -2.54. The Hall–Kier alpha value is -2.89. The highest BCUT2D eigenvalue weighted by Gasteiger charge is 2.46. The van der Waals surface area contributed by atoms with Gasteiger partial charge in [-0.25, -0.2) is 0 Å². The predicted molar refractivity (Wildman–Crippen MR) is 191 cm³/mol. The normalized spacial score (nSPS) is 15.1. The van der Waals surface area contributed by atoms with E-state index in [1.807, 2.05) is 41.8 Å². The number of amides is 5. The van der Waals surface area contributed by atoms with Crippen LogP contribution in [0, 0.1) is 5.92 Å². The molecular weight excluding hydrogens is 633 g/mol. The van der Waals surface area contributed by atoms with E-state index in [1.165, 1.54) is 28.4 Å². The molecular formula is C36H50N4O5S2. The second kappa shape index (κ2) is 16.5. The van der Waals surface area contributed by atoms with Gasteiger partial charge in [0.05, 0.1) is 11.1 Å².